The van der Waals surface area contributed by atoms with Crippen LogP contribution in [0.3, 0.4) is 0 Å². The minimum Gasteiger partial charge on any atom is -0.492 e. The fourth-order valence-electron chi connectivity index (χ4n) is 4.72. The van der Waals surface area contributed by atoms with Crippen LogP contribution in [0, 0.1) is 6.92 Å². The van der Waals surface area contributed by atoms with E-state index in [0.29, 0.717) is 30.8 Å². The number of benzene rings is 4. The molecule has 6 aromatic rings. The molecular weight excluding hydrogens is 570 g/mol. The lowest BCUT2D eigenvalue weighted by Gasteiger charge is -2.24. The molecule has 2 heterocycles. The lowest BCUT2D eigenvalue weighted by Crippen LogP contribution is -2.37. The minimum atomic E-state index is -4.46. The van der Waals surface area contributed by atoms with Crippen LogP contribution >= 0.6 is 0 Å². The Balaban J connectivity index is 1.49. The smallest absolute Gasteiger partial charge is 0.363 e. The summed E-state index contributed by atoms with van der Waals surface area (Å²) in [7, 11) is -4.46. The molecule has 0 bridgehead atoms. The fraction of sp³-hybridized carbons (Fsp3) is 0.0312. The van der Waals surface area contributed by atoms with Gasteiger partial charge in [0.2, 0.25) is 11.8 Å². The molecule has 0 aliphatic carbocycles. The summed E-state index contributed by atoms with van der Waals surface area (Å²) < 4.78 is 29.6. The molecule has 0 aliphatic heterocycles. The van der Waals surface area contributed by atoms with Crippen molar-refractivity contribution >= 4 is 49.4 Å². The minimum absolute atomic E-state index is 0.0289. The molecule has 2 N–H and O–H groups in total. The van der Waals surface area contributed by atoms with Crippen LogP contribution in [0.4, 0.5) is 5.69 Å². The van der Waals surface area contributed by atoms with Crippen LogP contribution in [0.25, 0.3) is 21.8 Å². The second kappa shape index (κ2) is 10.6. The van der Waals surface area contributed by atoms with E-state index in [1.807, 2.05) is 6.92 Å². The average Bonchev–Trinajstić information content (AvgIpc) is 3.32. The normalized spacial score (nSPS) is 11.5. The number of pyridine rings is 1. The van der Waals surface area contributed by atoms with Gasteiger partial charge in [-0.25, -0.2) is 18.2 Å². The van der Waals surface area contributed by atoms with E-state index in [-0.39, 0.29) is 21.7 Å². The molecule has 0 spiro atoms. The van der Waals surface area contributed by atoms with Gasteiger partial charge < -0.3 is 15.1 Å². The van der Waals surface area contributed by atoms with Crippen LogP contribution in [0.1, 0.15) is 26.3 Å². The Bertz CT molecular complexity index is 2070. The van der Waals surface area contributed by atoms with Gasteiger partial charge in [0.1, 0.15) is 0 Å². The SMILES string of the molecule is Cc1ccc(S(=O)(=O)N(C(=O)c2c3ccccc3nc3ccccc23)c2ccc(C(=O)On3c(O)ccc3O)cc2)cc1. The van der Waals surface area contributed by atoms with Crippen LogP contribution in [0.2, 0.25) is 0 Å². The molecule has 43 heavy (non-hydrogen) atoms. The first-order valence-electron chi connectivity index (χ1n) is 13.0. The third-order valence-electron chi connectivity index (χ3n) is 6.85. The number of amides is 1. The quantitative estimate of drug-likeness (QED) is 0.251. The number of carbonyl (C=O) groups excluding carboxylic acids is 2. The summed E-state index contributed by atoms with van der Waals surface area (Å²) in [6, 6.07) is 27.5. The van der Waals surface area contributed by atoms with E-state index < -0.39 is 33.7 Å². The van der Waals surface area contributed by atoms with Gasteiger partial charge in [-0.15, -0.1) is 4.73 Å². The number of para-hydroxylation sites is 2. The third kappa shape index (κ3) is 4.91. The highest BCUT2D eigenvalue weighted by molar-refractivity contribution is 7.93. The Labute approximate surface area is 245 Å². The van der Waals surface area contributed by atoms with Gasteiger partial charge in [-0.05, 0) is 55.5 Å². The van der Waals surface area contributed by atoms with Gasteiger partial charge >= 0.3 is 5.97 Å². The number of anilines is 1. The van der Waals surface area contributed by atoms with Crippen molar-refractivity contribution in [2.45, 2.75) is 11.8 Å². The Kier molecular flexibility index (Phi) is 6.79. The van der Waals surface area contributed by atoms with Crippen molar-refractivity contribution in [1.82, 2.24) is 9.71 Å². The van der Waals surface area contributed by atoms with Crippen molar-refractivity contribution in [2.75, 3.05) is 4.31 Å². The largest absolute Gasteiger partial charge is 0.492 e. The van der Waals surface area contributed by atoms with Gasteiger partial charge in [0.25, 0.3) is 15.9 Å². The summed E-state index contributed by atoms with van der Waals surface area (Å²) in [6.07, 6.45) is 0. The molecule has 214 valence electrons. The van der Waals surface area contributed by atoms with Crippen LogP contribution in [0.15, 0.2) is 114 Å². The standard InChI is InChI=1S/C32H23N3O7S/c1-20-10-16-23(17-11-20)43(40,41)35(22-14-12-21(13-15-22)32(39)42-34-28(36)18-19-29(34)37)31(38)30-24-6-2-4-8-26(24)33-27-9-5-3-7-25(27)30/h2-19,36-37H,1H3. The summed E-state index contributed by atoms with van der Waals surface area (Å²) in [5, 5.41) is 20.5. The molecule has 0 aliphatic rings. The van der Waals surface area contributed by atoms with Crippen molar-refractivity contribution in [2.24, 2.45) is 0 Å². The maximum absolute atomic E-state index is 14.5. The summed E-state index contributed by atoms with van der Waals surface area (Å²) in [5.74, 6) is -2.76. The van der Waals surface area contributed by atoms with Gasteiger partial charge in [-0.3, -0.25) is 4.79 Å². The van der Waals surface area contributed by atoms with Gasteiger partial charge in [0, 0.05) is 22.9 Å². The van der Waals surface area contributed by atoms with Crippen LogP contribution in [-0.4, -0.2) is 40.2 Å². The second-order valence-corrected chi connectivity index (χ2v) is 11.5. The number of carbonyl (C=O) groups is 2. The molecule has 0 atom stereocenters. The first-order chi connectivity index (χ1) is 20.6. The zero-order valence-electron chi connectivity index (χ0n) is 22.6. The van der Waals surface area contributed by atoms with E-state index in [1.165, 1.54) is 36.4 Å². The molecule has 1 amide bonds. The zero-order valence-corrected chi connectivity index (χ0v) is 23.4. The van der Waals surface area contributed by atoms with Gasteiger partial charge in [-0.2, -0.15) is 4.31 Å². The molecule has 0 fully saturated rings. The Morgan fingerprint density at radius 3 is 1.84 bits per heavy atom. The molecule has 11 heteroatoms. The molecule has 2 aromatic heterocycles. The number of aromatic hydroxyl groups is 2. The molecule has 0 saturated heterocycles. The summed E-state index contributed by atoms with van der Waals surface area (Å²) in [6.45, 7) is 1.82. The van der Waals surface area contributed by atoms with Gasteiger partial charge in [0.15, 0.2) is 0 Å². The maximum Gasteiger partial charge on any atom is 0.363 e. The highest BCUT2D eigenvalue weighted by Gasteiger charge is 2.34. The topological polar surface area (TPSA) is 139 Å². The molecular formula is C32H23N3O7S. The van der Waals surface area contributed by atoms with Crippen LogP contribution in [-0.2, 0) is 10.0 Å². The van der Waals surface area contributed by atoms with Gasteiger partial charge in [0.05, 0.1) is 32.7 Å². The lowest BCUT2D eigenvalue weighted by atomic mass is 10.0. The predicted octanol–water partition coefficient (Wildman–Crippen LogP) is 5.21. The number of fused-ring (bicyclic) bond motifs is 2. The van der Waals surface area contributed by atoms with Crippen molar-refractivity contribution < 1.29 is 33.1 Å². The maximum atomic E-state index is 14.5. The number of aryl methyl sites for hydroxylation is 1. The Morgan fingerprint density at radius 1 is 0.744 bits per heavy atom. The monoisotopic (exact) mass is 593 g/mol. The lowest BCUT2D eigenvalue weighted by molar-refractivity contribution is 0.0381. The predicted molar refractivity (Wildman–Crippen MR) is 160 cm³/mol. The molecule has 4 aromatic carbocycles. The van der Waals surface area contributed by atoms with E-state index in [2.05, 4.69) is 4.98 Å². The van der Waals surface area contributed by atoms with Crippen molar-refractivity contribution in [3.05, 3.63) is 126 Å². The van der Waals surface area contributed by atoms with Gasteiger partial charge in [-0.1, -0.05) is 54.1 Å². The van der Waals surface area contributed by atoms with Crippen LogP contribution < -0.4 is 9.14 Å². The summed E-state index contributed by atoms with van der Waals surface area (Å²) in [4.78, 5) is 36.8. The van der Waals surface area contributed by atoms with E-state index in [4.69, 9.17) is 4.84 Å². The third-order valence-corrected chi connectivity index (χ3v) is 8.58. The van der Waals surface area contributed by atoms with E-state index >= 15 is 0 Å². The highest BCUT2D eigenvalue weighted by Crippen LogP contribution is 2.32. The highest BCUT2D eigenvalue weighted by atomic mass is 32.2. The summed E-state index contributed by atoms with van der Waals surface area (Å²) >= 11 is 0. The number of sulfonamides is 1. The number of aromatic nitrogens is 2. The van der Waals surface area contributed by atoms with Crippen molar-refractivity contribution in [3.63, 3.8) is 0 Å². The first kappa shape index (κ1) is 27.5. The van der Waals surface area contributed by atoms with E-state index in [0.717, 1.165) is 17.7 Å². The molecule has 0 unspecified atom stereocenters. The molecule has 6 rings (SSSR count). The van der Waals surface area contributed by atoms with E-state index in [9.17, 15) is 28.2 Å². The molecule has 10 nitrogen and oxygen atoms in total. The van der Waals surface area contributed by atoms with E-state index in [1.54, 1.807) is 60.7 Å². The number of hydrogen-bond acceptors (Lipinski definition) is 8. The average molecular weight is 594 g/mol. The number of nitrogens with zero attached hydrogens (tertiary/aromatic N) is 3. The Hall–Kier alpha value is -5.68. The summed E-state index contributed by atoms with van der Waals surface area (Å²) in [5.41, 5.74) is 1.97. The second-order valence-electron chi connectivity index (χ2n) is 9.68. The first-order valence-corrected chi connectivity index (χ1v) is 14.5. The number of rotatable bonds is 6. The zero-order chi connectivity index (χ0) is 30.3. The molecule has 0 saturated carbocycles. The molecule has 0 radical (unpaired) electrons. The van der Waals surface area contributed by atoms with Crippen molar-refractivity contribution in [1.29, 1.82) is 0 Å². The Morgan fingerprint density at radius 2 is 1.28 bits per heavy atom. The fourth-order valence-corrected chi connectivity index (χ4v) is 6.12. The number of hydrogen-bond donors (Lipinski definition) is 2. The van der Waals surface area contributed by atoms with Crippen molar-refractivity contribution in [3.8, 4) is 11.8 Å². The van der Waals surface area contributed by atoms with Crippen LogP contribution in [0.5, 0.6) is 11.8 Å².